The van der Waals surface area contributed by atoms with Crippen molar-refractivity contribution in [2.24, 2.45) is 0 Å². The van der Waals surface area contributed by atoms with Gasteiger partial charge in [-0.15, -0.1) is 0 Å². The van der Waals surface area contributed by atoms with Crippen molar-refractivity contribution in [3.63, 3.8) is 0 Å². The van der Waals surface area contributed by atoms with Gasteiger partial charge in [0.05, 0.1) is 0 Å². The van der Waals surface area contributed by atoms with Crippen molar-refractivity contribution in [3.8, 4) is 0 Å². The molecule has 0 bridgehead atoms. The smallest absolute Gasteiger partial charge is 0.280 e. The van der Waals surface area contributed by atoms with Crippen LogP contribution < -0.4 is 5.32 Å². The zero-order valence-corrected chi connectivity index (χ0v) is 11.4. The molecule has 1 rings (SSSR count). The number of hydrogen-bond donors (Lipinski definition) is 1. The largest absolute Gasteiger partial charge is 0.310 e. The van der Waals surface area contributed by atoms with Crippen LogP contribution in [0.4, 0.5) is 8.78 Å². The van der Waals surface area contributed by atoms with E-state index in [9.17, 15) is 8.78 Å². The fourth-order valence-electron chi connectivity index (χ4n) is 1.49. The van der Waals surface area contributed by atoms with E-state index in [1.165, 1.54) is 6.20 Å². The van der Waals surface area contributed by atoms with Crippen LogP contribution in [0, 0.1) is 0 Å². The van der Waals surface area contributed by atoms with Gasteiger partial charge in [0.25, 0.3) is 6.43 Å². The van der Waals surface area contributed by atoms with Gasteiger partial charge in [0.15, 0.2) is 0 Å². The van der Waals surface area contributed by atoms with Gasteiger partial charge in [0.2, 0.25) is 0 Å². The van der Waals surface area contributed by atoms with Gasteiger partial charge in [-0.25, -0.2) is 18.7 Å². The Labute approximate surface area is 107 Å². The molecule has 0 fully saturated rings. The molecule has 0 aliphatic rings. The van der Waals surface area contributed by atoms with Gasteiger partial charge < -0.3 is 5.32 Å². The van der Waals surface area contributed by atoms with Crippen LogP contribution in [0.25, 0.3) is 0 Å². The molecule has 1 unspecified atom stereocenters. The monoisotopic (exact) mass is 257 g/mol. The highest BCUT2D eigenvalue weighted by molar-refractivity contribution is 5.19. The molecular weight excluding hydrogens is 236 g/mol. The topological polar surface area (TPSA) is 37.8 Å². The van der Waals surface area contributed by atoms with E-state index in [1.807, 2.05) is 27.7 Å². The van der Waals surface area contributed by atoms with E-state index in [0.717, 1.165) is 6.42 Å². The molecule has 0 saturated heterocycles. The summed E-state index contributed by atoms with van der Waals surface area (Å²) in [5.74, 6) is 0.607. The fraction of sp³-hybridized carbons (Fsp3) is 0.692. The average molecular weight is 257 g/mol. The quantitative estimate of drug-likeness (QED) is 0.848. The van der Waals surface area contributed by atoms with Gasteiger partial charge in [0, 0.05) is 30.3 Å². The average Bonchev–Trinajstić information content (AvgIpc) is 2.34. The maximum Gasteiger partial charge on any atom is 0.280 e. The first-order valence-corrected chi connectivity index (χ1v) is 6.32. The molecule has 5 heteroatoms. The third-order valence-electron chi connectivity index (χ3n) is 2.88. The van der Waals surface area contributed by atoms with Gasteiger partial charge in [-0.3, -0.25) is 0 Å². The summed E-state index contributed by atoms with van der Waals surface area (Å²) < 4.78 is 26.0. The molecule has 0 aliphatic carbocycles. The maximum absolute atomic E-state index is 13.0. The summed E-state index contributed by atoms with van der Waals surface area (Å²) in [6.45, 7) is 8.24. The SMILES string of the molecule is CCC(C)c1ncc(CNC(C)C)c(C(F)F)n1. The lowest BCUT2D eigenvalue weighted by atomic mass is 10.1. The van der Waals surface area contributed by atoms with E-state index in [2.05, 4.69) is 15.3 Å². The van der Waals surface area contributed by atoms with E-state index in [-0.39, 0.29) is 17.7 Å². The molecule has 18 heavy (non-hydrogen) atoms. The Morgan fingerprint density at radius 1 is 1.28 bits per heavy atom. The van der Waals surface area contributed by atoms with E-state index in [1.54, 1.807) is 0 Å². The van der Waals surface area contributed by atoms with Crippen LogP contribution in [0.2, 0.25) is 0 Å². The Morgan fingerprint density at radius 2 is 1.94 bits per heavy atom. The predicted octanol–water partition coefficient (Wildman–Crippen LogP) is 3.43. The van der Waals surface area contributed by atoms with Crippen molar-refractivity contribution < 1.29 is 8.78 Å². The second kappa shape index (κ2) is 6.73. The minimum atomic E-state index is -2.56. The van der Waals surface area contributed by atoms with E-state index >= 15 is 0 Å². The number of halogens is 2. The molecule has 0 saturated carbocycles. The van der Waals surface area contributed by atoms with Crippen molar-refractivity contribution in [2.45, 2.75) is 59.0 Å². The number of nitrogens with one attached hydrogen (secondary N) is 1. The summed E-state index contributed by atoms with van der Waals surface area (Å²) in [5, 5.41) is 3.11. The second-order valence-electron chi connectivity index (χ2n) is 4.78. The van der Waals surface area contributed by atoms with Crippen molar-refractivity contribution in [3.05, 3.63) is 23.3 Å². The standard InChI is InChI=1S/C13H21F2N3/c1-5-9(4)13-17-7-10(6-16-8(2)3)11(18-13)12(14)15/h7-9,12,16H,5-6H2,1-4H3. The lowest BCUT2D eigenvalue weighted by Crippen LogP contribution is -2.23. The molecule has 0 aromatic carbocycles. The van der Waals surface area contributed by atoms with E-state index < -0.39 is 6.43 Å². The molecule has 1 heterocycles. The van der Waals surface area contributed by atoms with Gasteiger partial charge in [-0.2, -0.15) is 0 Å². The predicted molar refractivity (Wildman–Crippen MR) is 67.7 cm³/mol. The minimum Gasteiger partial charge on any atom is -0.310 e. The Bertz CT molecular complexity index is 380. The summed E-state index contributed by atoms with van der Waals surface area (Å²) in [6.07, 6.45) is -0.197. The second-order valence-corrected chi connectivity index (χ2v) is 4.78. The summed E-state index contributed by atoms with van der Waals surface area (Å²) in [6, 6.07) is 0.241. The molecule has 1 N–H and O–H groups in total. The summed E-state index contributed by atoms with van der Waals surface area (Å²) in [5.41, 5.74) is 0.333. The van der Waals surface area contributed by atoms with Crippen molar-refractivity contribution in [1.82, 2.24) is 15.3 Å². The third kappa shape index (κ3) is 3.98. The van der Waals surface area contributed by atoms with Crippen LogP contribution in [-0.4, -0.2) is 16.0 Å². The molecule has 0 radical (unpaired) electrons. The molecule has 102 valence electrons. The van der Waals surface area contributed by atoms with Crippen LogP contribution in [0.3, 0.4) is 0 Å². The Kier molecular flexibility index (Phi) is 5.59. The highest BCUT2D eigenvalue weighted by Crippen LogP contribution is 2.23. The Balaban J connectivity index is 2.97. The number of nitrogens with zero attached hydrogens (tertiary/aromatic N) is 2. The Morgan fingerprint density at radius 3 is 2.44 bits per heavy atom. The minimum absolute atomic E-state index is 0.106. The number of hydrogen-bond acceptors (Lipinski definition) is 3. The van der Waals surface area contributed by atoms with Crippen LogP contribution in [0.5, 0.6) is 0 Å². The number of aromatic nitrogens is 2. The molecular formula is C13H21F2N3. The van der Waals surface area contributed by atoms with Crippen molar-refractivity contribution >= 4 is 0 Å². The van der Waals surface area contributed by atoms with Crippen molar-refractivity contribution in [1.29, 1.82) is 0 Å². The number of alkyl halides is 2. The van der Waals surface area contributed by atoms with Crippen LogP contribution in [0.15, 0.2) is 6.20 Å². The van der Waals surface area contributed by atoms with E-state index in [0.29, 0.717) is 17.9 Å². The molecule has 0 spiro atoms. The Hall–Kier alpha value is -1.10. The normalized spacial score (nSPS) is 13.3. The zero-order chi connectivity index (χ0) is 13.7. The third-order valence-corrected chi connectivity index (χ3v) is 2.88. The van der Waals surface area contributed by atoms with Crippen LogP contribution in [-0.2, 0) is 6.54 Å². The lowest BCUT2D eigenvalue weighted by Gasteiger charge is -2.14. The molecule has 1 aromatic heterocycles. The molecule has 1 atom stereocenters. The molecule has 0 amide bonds. The van der Waals surface area contributed by atoms with E-state index in [4.69, 9.17) is 0 Å². The van der Waals surface area contributed by atoms with Crippen molar-refractivity contribution in [2.75, 3.05) is 0 Å². The molecule has 1 aromatic rings. The van der Waals surface area contributed by atoms with Crippen LogP contribution in [0.1, 0.15) is 63.5 Å². The molecule has 0 aliphatic heterocycles. The summed E-state index contributed by atoms with van der Waals surface area (Å²) in [4.78, 5) is 8.21. The van der Waals surface area contributed by atoms with Gasteiger partial charge in [0.1, 0.15) is 11.5 Å². The van der Waals surface area contributed by atoms with Gasteiger partial charge >= 0.3 is 0 Å². The maximum atomic E-state index is 13.0. The first-order chi connectivity index (χ1) is 8.45. The van der Waals surface area contributed by atoms with Gasteiger partial charge in [-0.1, -0.05) is 27.7 Å². The lowest BCUT2D eigenvalue weighted by molar-refractivity contribution is 0.144. The first-order valence-electron chi connectivity index (χ1n) is 6.32. The zero-order valence-electron chi connectivity index (χ0n) is 11.4. The number of rotatable bonds is 6. The highest BCUT2D eigenvalue weighted by Gasteiger charge is 2.18. The van der Waals surface area contributed by atoms with Crippen LogP contribution >= 0.6 is 0 Å². The first kappa shape index (κ1) is 15.0. The van der Waals surface area contributed by atoms with Gasteiger partial charge in [-0.05, 0) is 6.42 Å². The molecule has 3 nitrogen and oxygen atoms in total. The summed E-state index contributed by atoms with van der Waals surface area (Å²) >= 11 is 0. The fourth-order valence-corrected chi connectivity index (χ4v) is 1.49. The summed E-state index contributed by atoms with van der Waals surface area (Å²) in [7, 11) is 0. The highest BCUT2D eigenvalue weighted by atomic mass is 19.3.